The van der Waals surface area contributed by atoms with Crippen LogP contribution in [0.1, 0.15) is 18.4 Å². The number of para-hydroxylation sites is 2. The zero-order valence-corrected chi connectivity index (χ0v) is 43.6. The molecule has 0 N–H and O–H groups in total. The summed E-state index contributed by atoms with van der Waals surface area (Å²) in [5, 5.41) is 12.3. The molecular formula is C75H49N5. The quantitative estimate of drug-likeness (QED) is 0.152. The molecule has 0 amide bonds. The normalized spacial score (nSPS) is 12.5. The van der Waals surface area contributed by atoms with Gasteiger partial charge in [0.15, 0.2) is 11.6 Å². The summed E-state index contributed by atoms with van der Waals surface area (Å²) in [6.45, 7) is 0. The van der Waals surface area contributed by atoms with Gasteiger partial charge in [-0.15, -0.1) is 0 Å². The summed E-state index contributed by atoms with van der Waals surface area (Å²) in [5.41, 5.74) is 17.2. The highest BCUT2D eigenvalue weighted by Gasteiger charge is 2.22. The smallest absolute Gasteiger partial charge is 0.238 e. The van der Waals surface area contributed by atoms with Crippen molar-refractivity contribution in [3.05, 3.63) is 283 Å². The van der Waals surface area contributed by atoms with Crippen LogP contribution in [0.3, 0.4) is 0 Å². The molecule has 0 atom stereocenters. The zero-order valence-electron chi connectivity index (χ0n) is 43.6. The van der Waals surface area contributed by atoms with Crippen LogP contribution in [-0.4, -0.2) is 24.1 Å². The molecular weight excluding hydrogens is 971 g/mol. The Balaban J connectivity index is 0.851. The molecule has 0 saturated carbocycles. The van der Waals surface area contributed by atoms with Crippen LogP contribution in [0.15, 0.2) is 267 Å². The molecule has 80 heavy (non-hydrogen) atoms. The van der Waals surface area contributed by atoms with E-state index in [1.165, 1.54) is 76.1 Å². The molecule has 0 aliphatic heterocycles. The highest BCUT2D eigenvalue weighted by Crippen LogP contribution is 2.44. The largest absolute Gasteiger partial charge is 0.309 e. The fourth-order valence-electron chi connectivity index (χ4n) is 12.8. The lowest BCUT2D eigenvalue weighted by molar-refractivity contribution is 0.953. The Morgan fingerprint density at radius 1 is 0.312 bits per heavy atom. The SMILES string of the molecule is C1=c2ccccc2=C(c2ccc3ccc(-c4cccc5ccccc45)c(-c4cccc(-n5c6ccccc6c6cc(-c7ccc8c(c7)c7ccccc7n8-c7nc(-c8ccccc8)nc(-c8ccccc8)n7)ccc65)c4)c3c2)CC1. The van der Waals surface area contributed by atoms with Gasteiger partial charge in [-0.2, -0.15) is 9.97 Å². The molecule has 16 rings (SSSR count). The van der Waals surface area contributed by atoms with Gasteiger partial charge in [0.2, 0.25) is 5.95 Å². The number of rotatable bonds is 8. The number of fused-ring (bicyclic) bond motifs is 9. The van der Waals surface area contributed by atoms with Crippen molar-refractivity contribution in [2.45, 2.75) is 12.8 Å². The Morgan fingerprint density at radius 2 is 0.850 bits per heavy atom. The van der Waals surface area contributed by atoms with E-state index in [1.807, 2.05) is 36.4 Å². The van der Waals surface area contributed by atoms with Crippen LogP contribution in [0.25, 0.3) is 145 Å². The molecule has 1 aliphatic carbocycles. The summed E-state index contributed by atoms with van der Waals surface area (Å²) in [6.07, 6.45) is 4.43. The van der Waals surface area contributed by atoms with E-state index in [4.69, 9.17) is 15.0 Å². The van der Waals surface area contributed by atoms with Gasteiger partial charge in [0.05, 0.1) is 22.1 Å². The van der Waals surface area contributed by atoms with E-state index in [2.05, 4.69) is 246 Å². The summed E-state index contributed by atoms with van der Waals surface area (Å²) in [6, 6.07) is 96.9. The van der Waals surface area contributed by atoms with E-state index in [0.717, 1.165) is 73.6 Å². The first-order valence-electron chi connectivity index (χ1n) is 27.6. The van der Waals surface area contributed by atoms with Gasteiger partial charge in [-0.1, -0.05) is 218 Å². The molecule has 3 aromatic heterocycles. The van der Waals surface area contributed by atoms with Crippen LogP contribution in [0.5, 0.6) is 0 Å². The second-order valence-electron chi connectivity index (χ2n) is 21.0. The minimum atomic E-state index is 0.577. The molecule has 3 heterocycles. The van der Waals surface area contributed by atoms with Gasteiger partial charge >= 0.3 is 0 Å². The second kappa shape index (κ2) is 18.6. The fourth-order valence-corrected chi connectivity index (χ4v) is 12.8. The lowest BCUT2D eigenvalue weighted by Gasteiger charge is -2.19. The maximum atomic E-state index is 5.17. The van der Waals surface area contributed by atoms with E-state index in [9.17, 15) is 0 Å². The van der Waals surface area contributed by atoms with Crippen molar-refractivity contribution in [2.75, 3.05) is 0 Å². The Morgan fingerprint density at radius 3 is 1.59 bits per heavy atom. The maximum absolute atomic E-state index is 5.17. The van der Waals surface area contributed by atoms with Crippen LogP contribution < -0.4 is 10.4 Å². The fraction of sp³-hybridized carbons (Fsp3) is 0.0267. The molecule has 1 aliphatic rings. The molecule has 0 unspecified atom stereocenters. The van der Waals surface area contributed by atoms with Crippen molar-refractivity contribution in [1.29, 1.82) is 0 Å². The first-order valence-corrected chi connectivity index (χ1v) is 27.6. The summed E-state index contributed by atoms with van der Waals surface area (Å²) in [5.74, 6) is 1.83. The third kappa shape index (κ3) is 7.50. The highest BCUT2D eigenvalue weighted by molar-refractivity contribution is 6.14. The highest BCUT2D eigenvalue weighted by atomic mass is 15.2. The van der Waals surface area contributed by atoms with Crippen LogP contribution in [-0.2, 0) is 0 Å². The van der Waals surface area contributed by atoms with Crippen molar-refractivity contribution >= 4 is 76.8 Å². The third-order valence-corrected chi connectivity index (χ3v) is 16.5. The summed E-state index contributed by atoms with van der Waals surface area (Å²) in [4.78, 5) is 15.3. The van der Waals surface area contributed by atoms with Crippen molar-refractivity contribution < 1.29 is 0 Å². The second-order valence-corrected chi connectivity index (χ2v) is 21.0. The molecule has 0 fully saturated rings. The zero-order chi connectivity index (χ0) is 52.7. The number of hydrogen-bond acceptors (Lipinski definition) is 3. The number of hydrogen-bond donors (Lipinski definition) is 0. The summed E-state index contributed by atoms with van der Waals surface area (Å²) in [7, 11) is 0. The molecule has 0 radical (unpaired) electrons. The van der Waals surface area contributed by atoms with Crippen LogP contribution >= 0.6 is 0 Å². The Labute approximate surface area is 462 Å². The molecule has 0 bridgehead atoms. The van der Waals surface area contributed by atoms with Gasteiger partial charge in [0, 0.05) is 38.4 Å². The van der Waals surface area contributed by atoms with E-state index in [0.29, 0.717) is 17.6 Å². The Kier molecular flexibility index (Phi) is 10.6. The molecule has 0 saturated heterocycles. The van der Waals surface area contributed by atoms with Crippen LogP contribution in [0.2, 0.25) is 0 Å². The summed E-state index contributed by atoms with van der Waals surface area (Å²) >= 11 is 0. The number of benzene rings is 12. The summed E-state index contributed by atoms with van der Waals surface area (Å²) < 4.78 is 4.65. The van der Waals surface area contributed by atoms with Crippen molar-refractivity contribution in [2.24, 2.45) is 0 Å². The van der Waals surface area contributed by atoms with E-state index >= 15 is 0 Å². The van der Waals surface area contributed by atoms with Crippen molar-refractivity contribution in [3.8, 4) is 67.8 Å². The topological polar surface area (TPSA) is 48.5 Å². The first-order chi connectivity index (χ1) is 39.7. The van der Waals surface area contributed by atoms with Crippen LogP contribution in [0, 0.1) is 0 Å². The van der Waals surface area contributed by atoms with Gasteiger partial charge in [-0.05, 0) is 144 Å². The molecule has 374 valence electrons. The third-order valence-electron chi connectivity index (χ3n) is 16.5. The monoisotopic (exact) mass is 1020 g/mol. The van der Waals surface area contributed by atoms with Gasteiger partial charge in [0.1, 0.15) is 0 Å². The predicted molar refractivity (Wildman–Crippen MR) is 333 cm³/mol. The lowest BCUT2D eigenvalue weighted by Crippen LogP contribution is -2.29. The Bertz CT molecular complexity index is 5060. The molecule has 12 aromatic carbocycles. The average molecular weight is 1020 g/mol. The molecule has 5 heteroatoms. The molecule has 5 nitrogen and oxygen atoms in total. The lowest BCUT2D eigenvalue weighted by atomic mass is 9.85. The maximum Gasteiger partial charge on any atom is 0.238 e. The number of nitrogens with zero attached hydrogens (tertiary/aromatic N) is 5. The van der Waals surface area contributed by atoms with Crippen molar-refractivity contribution in [3.63, 3.8) is 0 Å². The minimum Gasteiger partial charge on any atom is -0.309 e. The minimum absolute atomic E-state index is 0.577. The average Bonchev–Trinajstić information content (AvgIpc) is 4.13. The van der Waals surface area contributed by atoms with Crippen LogP contribution in [0.4, 0.5) is 0 Å². The van der Waals surface area contributed by atoms with Gasteiger partial charge in [-0.25, -0.2) is 4.98 Å². The molecule has 0 spiro atoms. The van der Waals surface area contributed by atoms with Gasteiger partial charge in [0.25, 0.3) is 0 Å². The van der Waals surface area contributed by atoms with Crippen molar-refractivity contribution in [1.82, 2.24) is 24.1 Å². The Hall–Kier alpha value is -10.5. The van der Waals surface area contributed by atoms with E-state index in [1.54, 1.807) is 0 Å². The van der Waals surface area contributed by atoms with E-state index in [-0.39, 0.29) is 0 Å². The number of aromatic nitrogens is 5. The molecule has 15 aromatic rings. The van der Waals surface area contributed by atoms with E-state index < -0.39 is 0 Å². The van der Waals surface area contributed by atoms with Gasteiger partial charge in [-0.3, -0.25) is 4.57 Å². The predicted octanol–water partition coefficient (Wildman–Crippen LogP) is 17.5. The van der Waals surface area contributed by atoms with Gasteiger partial charge < -0.3 is 4.57 Å². The standard InChI is InChI=1S/C75H49N5/c1-3-20-51(21-4-1)73-76-74(52-22-5-2-6-23-52)78-75(77-73)80-69-35-14-12-31-63(69)67-46-54(40-43-71(67)80)53-39-42-70-66(45-53)62-30-11-13-34-68(62)79(70)57-27-15-26-56(44-57)72-64(61-33-17-25-49-19-8-10-29-59(49)61)41-38-50-36-37-55(47-65(50)72)60-32-16-24-48-18-7-9-28-58(48)60/h1-15,17-31,33-47H,16,32H2. The first kappa shape index (κ1) is 45.7.